The van der Waals surface area contributed by atoms with Gasteiger partial charge in [-0.1, -0.05) is 11.6 Å². The lowest BCUT2D eigenvalue weighted by molar-refractivity contribution is 0.995. The van der Waals surface area contributed by atoms with Crippen LogP contribution in [0.15, 0.2) is 22.9 Å². The van der Waals surface area contributed by atoms with Crippen LogP contribution in [0.2, 0.25) is 5.15 Å². The van der Waals surface area contributed by atoms with E-state index in [4.69, 9.17) is 11.6 Å². The summed E-state index contributed by atoms with van der Waals surface area (Å²) in [5.74, 6) is 1.37. The lowest BCUT2D eigenvalue weighted by atomic mass is 10.2. The molecule has 0 saturated heterocycles. The van der Waals surface area contributed by atoms with Crippen molar-refractivity contribution in [3.05, 3.63) is 33.7 Å². The average Bonchev–Trinajstić information content (AvgIpc) is 2.93. The molecule has 0 N–H and O–H groups in total. The highest BCUT2D eigenvalue weighted by Gasteiger charge is 2.26. The fourth-order valence-corrected chi connectivity index (χ4v) is 2.37. The lowest BCUT2D eigenvalue weighted by Crippen LogP contribution is -1.93. The average molecular weight is 237 g/mol. The molecule has 0 radical (unpaired) electrons. The summed E-state index contributed by atoms with van der Waals surface area (Å²) in [7, 11) is 0. The number of hydrogen-bond acceptors (Lipinski definition) is 3. The van der Waals surface area contributed by atoms with E-state index in [0.29, 0.717) is 11.1 Å². The molecule has 2 aromatic heterocycles. The van der Waals surface area contributed by atoms with Gasteiger partial charge < -0.3 is 0 Å². The fourth-order valence-electron chi connectivity index (χ4n) is 1.54. The fraction of sp³-hybridized carbons (Fsp3) is 0.273. The molecular formula is C11H9ClN2S. The predicted octanol–water partition coefficient (Wildman–Crippen LogP) is 3.74. The molecule has 1 aliphatic carbocycles. The van der Waals surface area contributed by atoms with Crippen molar-refractivity contribution in [1.29, 1.82) is 0 Å². The van der Waals surface area contributed by atoms with Crippen molar-refractivity contribution in [1.82, 2.24) is 9.97 Å². The monoisotopic (exact) mass is 236 g/mol. The Hall–Kier alpha value is -0.930. The van der Waals surface area contributed by atoms with Gasteiger partial charge in [-0.25, -0.2) is 9.97 Å². The molecule has 0 unspecified atom stereocenters. The Labute approximate surface area is 97.0 Å². The first-order chi connectivity index (χ1) is 7.33. The zero-order valence-electron chi connectivity index (χ0n) is 7.98. The number of hydrogen-bond donors (Lipinski definition) is 0. The first kappa shape index (κ1) is 9.31. The van der Waals surface area contributed by atoms with E-state index in [2.05, 4.69) is 9.97 Å². The molecule has 2 nitrogen and oxygen atoms in total. The topological polar surface area (TPSA) is 25.8 Å². The maximum atomic E-state index is 5.99. The van der Waals surface area contributed by atoms with Crippen LogP contribution in [0.1, 0.15) is 24.5 Å². The molecule has 15 heavy (non-hydrogen) atoms. The van der Waals surface area contributed by atoms with E-state index < -0.39 is 0 Å². The number of rotatable bonds is 2. The second-order valence-electron chi connectivity index (χ2n) is 3.73. The third-order valence-corrected chi connectivity index (χ3v) is 3.37. The van der Waals surface area contributed by atoms with E-state index in [0.717, 1.165) is 17.1 Å². The molecular weight excluding hydrogens is 228 g/mol. The van der Waals surface area contributed by atoms with Crippen molar-refractivity contribution < 1.29 is 0 Å². The Balaban J connectivity index is 2.07. The first-order valence-electron chi connectivity index (χ1n) is 4.90. The summed E-state index contributed by atoms with van der Waals surface area (Å²) in [4.78, 5) is 8.80. The molecule has 2 heterocycles. The van der Waals surface area contributed by atoms with Crippen molar-refractivity contribution in [2.75, 3.05) is 0 Å². The number of thiophene rings is 1. The second-order valence-corrected chi connectivity index (χ2v) is 4.89. The third kappa shape index (κ3) is 1.90. The van der Waals surface area contributed by atoms with Crippen molar-refractivity contribution in [2.45, 2.75) is 18.8 Å². The minimum Gasteiger partial charge on any atom is -0.233 e. The van der Waals surface area contributed by atoms with Crippen molar-refractivity contribution >= 4 is 22.9 Å². The largest absolute Gasteiger partial charge is 0.233 e. The van der Waals surface area contributed by atoms with Crippen LogP contribution in [0.25, 0.3) is 11.4 Å². The number of halogens is 1. The zero-order chi connectivity index (χ0) is 10.3. The first-order valence-corrected chi connectivity index (χ1v) is 6.22. The maximum absolute atomic E-state index is 5.99. The minimum atomic E-state index is 0.549. The summed E-state index contributed by atoms with van der Waals surface area (Å²) in [5, 5.41) is 4.62. The van der Waals surface area contributed by atoms with E-state index in [1.165, 1.54) is 12.8 Å². The molecule has 76 valence electrons. The second kappa shape index (κ2) is 3.58. The van der Waals surface area contributed by atoms with Crippen LogP contribution in [0.4, 0.5) is 0 Å². The summed E-state index contributed by atoms with van der Waals surface area (Å²) in [6, 6.07) is 3.90. The van der Waals surface area contributed by atoms with Crippen molar-refractivity contribution in [2.24, 2.45) is 0 Å². The Morgan fingerprint density at radius 2 is 2.20 bits per heavy atom. The highest BCUT2D eigenvalue weighted by atomic mass is 35.5. The van der Waals surface area contributed by atoms with Gasteiger partial charge in [-0.2, -0.15) is 11.3 Å². The van der Waals surface area contributed by atoms with E-state index in [1.54, 1.807) is 11.3 Å². The minimum absolute atomic E-state index is 0.549. The van der Waals surface area contributed by atoms with Crippen molar-refractivity contribution in [3.63, 3.8) is 0 Å². The smallest absolute Gasteiger partial charge is 0.161 e. The van der Waals surface area contributed by atoms with Crippen LogP contribution in [-0.4, -0.2) is 9.97 Å². The van der Waals surface area contributed by atoms with Gasteiger partial charge >= 0.3 is 0 Å². The predicted molar refractivity (Wildman–Crippen MR) is 62.3 cm³/mol. The summed E-state index contributed by atoms with van der Waals surface area (Å²) < 4.78 is 0. The molecule has 0 bridgehead atoms. The molecule has 1 fully saturated rings. The number of aromatic nitrogens is 2. The quantitative estimate of drug-likeness (QED) is 0.743. The van der Waals surface area contributed by atoms with Gasteiger partial charge in [0.25, 0.3) is 0 Å². The van der Waals surface area contributed by atoms with Gasteiger partial charge in [-0.15, -0.1) is 0 Å². The van der Waals surface area contributed by atoms with E-state index in [-0.39, 0.29) is 0 Å². The molecule has 1 saturated carbocycles. The van der Waals surface area contributed by atoms with Crippen LogP contribution in [0.3, 0.4) is 0 Å². The van der Waals surface area contributed by atoms with Gasteiger partial charge in [0.1, 0.15) is 5.15 Å². The van der Waals surface area contributed by atoms with Crippen LogP contribution >= 0.6 is 22.9 Å². The van der Waals surface area contributed by atoms with Crippen molar-refractivity contribution in [3.8, 4) is 11.4 Å². The number of nitrogens with zero attached hydrogens (tertiary/aromatic N) is 2. The SMILES string of the molecule is Clc1cc(C2CC2)nc(-c2ccsc2)n1. The summed E-state index contributed by atoms with van der Waals surface area (Å²) in [6.07, 6.45) is 2.47. The summed E-state index contributed by atoms with van der Waals surface area (Å²) in [6.45, 7) is 0. The molecule has 1 aliphatic rings. The van der Waals surface area contributed by atoms with Gasteiger partial charge in [0, 0.05) is 22.6 Å². The molecule has 0 atom stereocenters. The molecule has 2 aromatic rings. The van der Waals surface area contributed by atoms with E-state index in [9.17, 15) is 0 Å². The zero-order valence-corrected chi connectivity index (χ0v) is 9.55. The molecule has 0 aromatic carbocycles. The van der Waals surface area contributed by atoms with E-state index >= 15 is 0 Å². The van der Waals surface area contributed by atoms with Crippen LogP contribution in [0.5, 0.6) is 0 Å². The van der Waals surface area contributed by atoms with Gasteiger partial charge in [0.2, 0.25) is 0 Å². The standard InChI is InChI=1S/C11H9ClN2S/c12-10-5-9(7-1-2-7)13-11(14-10)8-3-4-15-6-8/h3-7H,1-2H2. The lowest BCUT2D eigenvalue weighted by Gasteiger charge is -2.01. The van der Waals surface area contributed by atoms with Crippen LogP contribution in [0, 0.1) is 0 Å². The summed E-state index contributed by atoms with van der Waals surface area (Å²) >= 11 is 7.64. The molecule has 4 heteroatoms. The normalized spacial score (nSPS) is 15.5. The van der Waals surface area contributed by atoms with Crippen LogP contribution in [-0.2, 0) is 0 Å². The van der Waals surface area contributed by atoms with Gasteiger partial charge in [-0.05, 0) is 30.4 Å². The van der Waals surface area contributed by atoms with Gasteiger partial charge in [0.05, 0.1) is 0 Å². The maximum Gasteiger partial charge on any atom is 0.161 e. The molecule has 0 amide bonds. The Morgan fingerprint density at radius 3 is 2.87 bits per heavy atom. The third-order valence-electron chi connectivity index (χ3n) is 2.49. The Bertz CT molecular complexity index is 477. The molecule has 0 spiro atoms. The summed E-state index contributed by atoms with van der Waals surface area (Å²) in [5.41, 5.74) is 2.15. The highest BCUT2D eigenvalue weighted by Crippen LogP contribution is 2.40. The van der Waals surface area contributed by atoms with Gasteiger partial charge in [-0.3, -0.25) is 0 Å². The Kier molecular flexibility index (Phi) is 2.22. The Morgan fingerprint density at radius 1 is 1.33 bits per heavy atom. The van der Waals surface area contributed by atoms with Gasteiger partial charge in [0.15, 0.2) is 5.82 Å². The van der Waals surface area contributed by atoms with E-state index in [1.807, 2.05) is 22.9 Å². The molecule has 0 aliphatic heterocycles. The highest BCUT2D eigenvalue weighted by molar-refractivity contribution is 7.08. The molecule has 3 rings (SSSR count). The van der Waals surface area contributed by atoms with Crippen LogP contribution < -0.4 is 0 Å².